The van der Waals surface area contributed by atoms with Crippen molar-refractivity contribution in [3.8, 4) is 5.75 Å². The number of nitrogen functional groups attached to an aromatic ring is 1. The van der Waals surface area contributed by atoms with Crippen molar-refractivity contribution in [2.45, 2.75) is 6.92 Å². The van der Waals surface area contributed by atoms with Crippen LogP contribution in [0.3, 0.4) is 0 Å². The largest absolute Gasteiger partial charge is 0.494 e. The van der Waals surface area contributed by atoms with Gasteiger partial charge < -0.3 is 15.8 Å². The first-order valence-corrected chi connectivity index (χ1v) is 6.13. The predicted octanol–water partition coefficient (Wildman–Crippen LogP) is 3.12. The van der Waals surface area contributed by atoms with E-state index in [1.807, 2.05) is 0 Å². The number of halogens is 2. The number of ether oxygens (including phenoxy) is 1. The fourth-order valence-corrected chi connectivity index (χ4v) is 1.79. The second-order valence-electron chi connectivity index (χ2n) is 4.47. The Balaban J connectivity index is 2.30. The van der Waals surface area contributed by atoms with Crippen LogP contribution in [-0.4, -0.2) is 13.0 Å². The van der Waals surface area contributed by atoms with E-state index in [1.54, 1.807) is 0 Å². The molecule has 0 unspecified atom stereocenters. The zero-order valence-electron chi connectivity index (χ0n) is 11.5. The zero-order valence-corrected chi connectivity index (χ0v) is 11.5. The first-order chi connectivity index (χ1) is 9.92. The molecule has 6 heteroatoms. The minimum absolute atomic E-state index is 0.0713. The lowest BCUT2D eigenvalue weighted by Gasteiger charge is -2.11. The molecule has 2 rings (SSSR count). The highest BCUT2D eigenvalue weighted by Crippen LogP contribution is 2.26. The molecule has 0 saturated carbocycles. The minimum atomic E-state index is -0.564. The molecular weight excluding hydrogens is 278 g/mol. The molecule has 0 bridgehead atoms. The van der Waals surface area contributed by atoms with Gasteiger partial charge in [0.05, 0.1) is 12.8 Å². The van der Waals surface area contributed by atoms with E-state index >= 15 is 0 Å². The summed E-state index contributed by atoms with van der Waals surface area (Å²) in [4.78, 5) is 12.1. The summed E-state index contributed by atoms with van der Waals surface area (Å²) >= 11 is 0. The lowest BCUT2D eigenvalue weighted by atomic mass is 10.1. The van der Waals surface area contributed by atoms with Gasteiger partial charge in [-0.3, -0.25) is 4.79 Å². The third-order valence-electron chi connectivity index (χ3n) is 3.06. The molecule has 0 aromatic heterocycles. The fraction of sp³-hybridized carbons (Fsp3) is 0.133. The van der Waals surface area contributed by atoms with E-state index in [1.165, 1.54) is 32.2 Å². The van der Waals surface area contributed by atoms with E-state index in [9.17, 15) is 13.6 Å². The van der Waals surface area contributed by atoms with Crippen molar-refractivity contribution < 1.29 is 18.3 Å². The van der Waals surface area contributed by atoms with E-state index < -0.39 is 17.5 Å². The number of nitrogens with one attached hydrogen (secondary N) is 1. The Labute approximate surface area is 120 Å². The molecule has 4 nitrogen and oxygen atoms in total. The second kappa shape index (κ2) is 5.78. The molecule has 0 aliphatic heterocycles. The number of amides is 1. The summed E-state index contributed by atoms with van der Waals surface area (Å²) in [6.45, 7) is 1.52. The molecule has 0 spiro atoms. The Morgan fingerprint density at radius 3 is 2.57 bits per heavy atom. The first kappa shape index (κ1) is 14.8. The molecule has 0 saturated heterocycles. The maximum Gasteiger partial charge on any atom is 0.255 e. The van der Waals surface area contributed by atoms with Crippen molar-refractivity contribution in [2.75, 3.05) is 18.2 Å². The van der Waals surface area contributed by atoms with Gasteiger partial charge in [0, 0.05) is 22.9 Å². The third-order valence-corrected chi connectivity index (χ3v) is 3.06. The number of carbonyl (C=O) groups is 1. The highest BCUT2D eigenvalue weighted by atomic mass is 19.1. The summed E-state index contributed by atoms with van der Waals surface area (Å²) in [6, 6.07) is 6.16. The van der Waals surface area contributed by atoms with Crippen molar-refractivity contribution in [3.05, 3.63) is 53.1 Å². The summed E-state index contributed by atoms with van der Waals surface area (Å²) in [5.74, 6) is -1.45. The van der Waals surface area contributed by atoms with Gasteiger partial charge in [0.1, 0.15) is 17.4 Å². The maximum absolute atomic E-state index is 13.6. The smallest absolute Gasteiger partial charge is 0.255 e. The molecule has 2 aromatic rings. The molecule has 21 heavy (non-hydrogen) atoms. The van der Waals surface area contributed by atoms with Gasteiger partial charge in [-0.25, -0.2) is 8.78 Å². The quantitative estimate of drug-likeness (QED) is 0.854. The van der Waals surface area contributed by atoms with Gasteiger partial charge in [-0.05, 0) is 31.2 Å². The van der Waals surface area contributed by atoms with E-state index in [2.05, 4.69) is 5.32 Å². The normalized spacial score (nSPS) is 10.3. The van der Waals surface area contributed by atoms with Crippen LogP contribution in [0.5, 0.6) is 5.75 Å². The second-order valence-corrected chi connectivity index (χ2v) is 4.47. The predicted molar refractivity (Wildman–Crippen MR) is 76.5 cm³/mol. The zero-order chi connectivity index (χ0) is 15.6. The van der Waals surface area contributed by atoms with Gasteiger partial charge in [0.25, 0.3) is 5.91 Å². The van der Waals surface area contributed by atoms with E-state index in [0.717, 1.165) is 12.1 Å². The number of nitrogens with two attached hydrogens (primary N) is 1. The van der Waals surface area contributed by atoms with Crippen molar-refractivity contribution in [1.82, 2.24) is 0 Å². The van der Waals surface area contributed by atoms with E-state index in [4.69, 9.17) is 10.5 Å². The van der Waals surface area contributed by atoms with E-state index in [0.29, 0.717) is 0 Å². The number of rotatable bonds is 3. The Morgan fingerprint density at radius 2 is 1.95 bits per heavy atom. The first-order valence-electron chi connectivity index (χ1n) is 6.13. The highest BCUT2D eigenvalue weighted by Gasteiger charge is 2.13. The van der Waals surface area contributed by atoms with Crippen molar-refractivity contribution in [2.24, 2.45) is 0 Å². The molecule has 110 valence electrons. The Morgan fingerprint density at radius 1 is 1.24 bits per heavy atom. The number of carbonyl (C=O) groups excluding carboxylic acids is 1. The van der Waals surface area contributed by atoms with Crippen molar-refractivity contribution in [1.29, 1.82) is 0 Å². The minimum Gasteiger partial charge on any atom is -0.494 e. The van der Waals surface area contributed by atoms with Crippen LogP contribution in [0.25, 0.3) is 0 Å². The van der Waals surface area contributed by atoms with Gasteiger partial charge in [-0.15, -0.1) is 0 Å². The Hall–Kier alpha value is -2.63. The molecule has 0 atom stereocenters. The van der Waals surface area contributed by atoms with E-state index in [-0.39, 0.29) is 28.3 Å². The molecule has 0 radical (unpaired) electrons. The molecule has 3 N–H and O–H groups in total. The SMILES string of the molecule is COc1cc(F)ccc1NC(=O)c1cc(N)c(C)c(F)c1. The van der Waals surface area contributed by atoms with Gasteiger partial charge >= 0.3 is 0 Å². The van der Waals surface area contributed by atoms with Crippen LogP contribution in [0.15, 0.2) is 30.3 Å². The maximum atomic E-state index is 13.6. The monoisotopic (exact) mass is 292 g/mol. The average molecular weight is 292 g/mol. The fourth-order valence-electron chi connectivity index (χ4n) is 1.79. The Kier molecular flexibility index (Phi) is 4.07. The molecule has 0 aliphatic carbocycles. The van der Waals surface area contributed by atoms with Gasteiger partial charge in [-0.2, -0.15) is 0 Å². The summed E-state index contributed by atoms with van der Waals surface area (Å²) < 4.78 is 31.7. The van der Waals surface area contributed by atoms with Crippen molar-refractivity contribution >= 4 is 17.3 Å². The van der Waals surface area contributed by atoms with Crippen LogP contribution >= 0.6 is 0 Å². The summed E-state index contributed by atoms with van der Waals surface area (Å²) in [6.07, 6.45) is 0. The highest BCUT2D eigenvalue weighted by molar-refractivity contribution is 6.05. The molecular formula is C15H14F2N2O2. The topological polar surface area (TPSA) is 64.3 Å². The lowest BCUT2D eigenvalue weighted by Crippen LogP contribution is -2.14. The molecule has 2 aromatic carbocycles. The van der Waals surface area contributed by atoms with Crippen LogP contribution in [-0.2, 0) is 0 Å². The molecule has 0 aliphatic rings. The van der Waals surface area contributed by atoms with Crippen LogP contribution in [0.1, 0.15) is 15.9 Å². The number of benzene rings is 2. The molecule has 0 heterocycles. The molecule has 0 fully saturated rings. The average Bonchev–Trinajstić information content (AvgIpc) is 2.45. The summed E-state index contributed by atoms with van der Waals surface area (Å²) in [5, 5.41) is 2.53. The number of hydrogen-bond acceptors (Lipinski definition) is 3. The summed E-state index contributed by atoms with van der Waals surface area (Å²) in [5.41, 5.74) is 6.46. The standard InChI is InChI=1S/C15H14F2N2O2/c1-8-11(17)5-9(6-12(8)18)15(20)19-13-4-3-10(16)7-14(13)21-2/h3-7H,18H2,1-2H3,(H,19,20). The van der Waals surface area contributed by atoms with Crippen LogP contribution in [0.4, 0.5) is 20.2 Å². The lowest BCUT2D eigenvalue weighted by molar-refractivity contribution is 0.102. The summed E-state index contributed by atoms with van der Waals surface area (Å²) in [7, 11) is 1.36. The van der Waals surface area contributed by atoms with Gasteiger partial charge in [0.15, 0.2) is 0 Å². The van der Waals surface area contributed by atoms with Gasteiger partial charge in [0.2, 0.25) is 0 Å². The number of anilines is 2. The Bertz CT molecular complexity index is 679. The van der Waals surface area contributed by atoms with Crippen LogP contribution in [0, 0.1) is 18.6 Å². The number of methoxy groups -OCH3 is 1. The van der Waals surface area contributed by atoms with Gasteiger partial charge in [-0.1, -0.05) is 0 Å². The van der Waals surface area contributed by atoms with Crippen LogP contribution in [0.2, 0.25) is 0 Å². The third kappa shape index (κ3) is 3.10. The van der Waals surface area contributed by atoms with Crippen molar-refractivity contribution in [3.63, 3.8) is 0 Å². The number of hydrogen-bond donors (Lipinski definition) is 2. The van der Waals surface area contributed by atoms with Crippen LogP contribution < -0.4 is 15.8 Å². The molecule has 1 amide bonds.